The number of aliphatic imine (C=N–C) groups is 5. The molecule has 34 heteroatoms. The van der Waals surface area contributed by atoms with E-state index in [2.05, 4.69) is 98.8 Å². The molecule has 4 aliphatic rings. The number of anilines is 5. The van der Waals surface area contributed by atoms with E-state index in [1.807, 2.05) is 206 Å². The van der Waals surface area contributed by atoms with Crippen molar-refractivity contribution in [3.63, 3.8) is 0 Å². The Kier molecular flexibility index (Phi) is 56.6. The van der Waals surface area contributed by atoms with Gasteiger partial charge in [0.2, 0.25) is 18.0 Å². The van der Waals surface area contributed by atoms with Crippen LogP contribution < -0.4 is 31.9 Å². The number of likely N-dealkylation sites (tertiary alicyclic amines) is 2. The number of isocyanates is 1. The summed E-state index contributed by atoms with van der Waals surface area (Å²) in [4.78, 5) is 128. The number of nitrogen functional groups attached to an aromatic ring is 1. The molecule has 4 aliphatic heterocycles. The summed E-state index contributed by atoms with van der Waals surface area (Å²) in [5.74, 6) is -0.622. The number of nitro groups is 1. The Morgan fingerprint density at radius 3 is 1.35 bits per heavy atom. The number of hydrogen-bond acceptors (Lipinski definition) is 25. The average Bonchev–Trinajstić information content (AvgIpc) is 0.756. The van der Waals surface area contributed by atoms with Crippen LogP contribution in [0.15, 0.2) is 353 Å². The maximum absolute atomic E-state index is 12.2. The second kappa shape index (κ2) is 69.8. The van der Waals surface area contributed by atoms with Crippen molar-refractivity contribution in [2.24, 2.45) is 25.0 Å². The third-order valence-electron chi connectivity index (χ3n) is 20.7. The van der Waals surface area contributed by atoms with Crippen LogP contribution in [-0.2, 0) is 62.0 Å². The molecule has 0 aromatic heterocycles. The number of carbonyl (C=O) groups is 7. The molecular formula is C110H118Cl2N14O17Sn. The van der Waals surface area contributed by atoms with E-state index in [0.717, 1.165) is 94.9 Å². The number of nitro benzene ring substituents is 1. The van der Waals surface area contributed by atoms with Crippen molar-refractivity contribution >= 4 is 196 Å². The van der Waals surface area contributed by atoms with E-state index >= 15 is 0 Å². The Morgan fingerprint density at radius 2 is 0.861 bits per heavy atom. The molecular weight excluding hydrogens is 1980 g/mol. The Balaban J connectivity index is 0.000000258. The Bertz CT molecular complexity index is 6130. The molecule has 1 atom stereocenters. The summed E-state index contributed by atoms with van der Waals surface area (Å²) in [6.07, 6.45) is 27.7. The van der Waals surface area contributed by atoms with Crippen molar-refractivity contribution in [3.8, 4) is 0 Å². The SMILES string of the molecule is C1CCNCC1.COC(=O)/C=C/c1ccccc1N.COC(=O)/C=C/c1ccccc1N=C(Nc1ccccc1)N1CCCCC1.COC(=O)/C=C/c1ccccc1N=C=Nc1ccccc1.COC(=O)/C=C/c1ccccc1NC(=O)Nc1ccccc1.COC(=O)/C=C/c1ccccc1[N+](=O)[O-].COC(=O)CC1c2ccccc2N=C(N2CCCCC2)N1c1ccccc1.O.O=C=Nc1ccccc1.[Cl][Sn][Cl]. The molecule has 3 fully saturated rings. The number of methoxy groups -OCH3 is 6. The number of amides is 2. The van der Waals surface area contributed by atoms with E-state index in [1.54, 1.807) is 91.0 Å². The first-order valence-electron chi connectivity index (χ1n) is 45.5. The van der Waals surface area contributed by atoms with Crippen LogP contribution in [0, 0.1) is 10.1 Å². The number of carbonyl (C=O) groups excluding carboxylic acids is 8. The van der Waals surface area contributed by atoms with Gasteiger partial charge in [0.15, 0.2) is 0 Å². The van der Waals surface area contributed by atoms with Gasteiger partial charge < -0.3 is 75.6 Å². The Labute approximate surface area is 856 Å². The van der Waals surface area contributed by atoms with Gasteiger partial charge in [0, 0.05) is 108 Å². The van der Waals surface area contributed by atoms with Gasteiger partial charge in [0.1, 0.15) is 6.01 Å². The number of nitrogens with one attached hydrogen (secondary N) is 4. The third kappa shape index (κ3) is 44.6. The summed E-state index contributed by atoms with van der Waals surface area (Å²) in [6, 6.07) is 93.9. The van der Waals surface area contributed by atoms with Gasteiger partial charge in [0.25, 0.3) is 5.69 Å². The number of urea groups is 1. The molecule has 2 amide bonds. The van der Waals surface area contributed by atoms with Gasteiger partial charge in [-0.3, -0.25) is 14.9 Å². The van der Waals surface area contributed by atoms with Crippen molar-refractivity contribution in [1.82, 2.24) is 15.1 Å². The average molecular weight is 2100 g/mol. The van der Waals surface area contributed by atoms with Gasteiger partial charge in [-0.1, -0.05) is 201 Å². The first-order valence-corrected chi connectivity index (χ1v) is 52.8. The number of nitrogens with zero attached hydrogens (tertiary/aromatic N) is 9. The Hall–Kier alpha value is -16.0. The fraction of sp³-hybridized carbons (Fsp3) is 0.209. The van der Waals surface area contributed by atoms with Crippen molar-refractivity contribution in [1.29, 1.82) is 0 Å². The van der Waals surface area contributed by atoms with Crippen molar-refractivity contribution in [3.05, 3.63) is 371 Å². The number of benzene rings is 11. The molecule has 2 radical (unpaired) electrons. The number of nitrogens with two attached hydrogens (primary N) is 1. The van der Waals surface area contributed by atoms with E-state index in [9.17, 15) is 48.5 Å². The van der Waals surface area contributed by atoms with E-state index in [4.69, 9.17) is 38.3 Å². The van der Waals surface area contributed by atoms with E-state index in [-0.39, 0.29) is 47.6 Å². The van der Waals surface area contributed by atoms with E-state index in [0.29, 0.717) is 39.6 Å². The number of halogens is 2. The Morgan fingerprint density at radius 1 is 0.458 bits per heavy atom. The summed E-state index contributed by atoms with van der Waals surface area (Å²) < 4.78 is 27.6. The van der Waals surface area contributed by atoms with Crippen LogP contribution in [0.3, 0.4) is 0 Å². The van der Waals surface area contributed by atoms with Gasteiger partial charge in [0.05, 0.1) is 94.0 Å². The number of fused-ring (bicyclic) bond motifs is 1. The number of rotatable bonds is 21. The zero-order valence-corrected chi connectivity index (χ0v) is 85.2. The first-order chi connectivity index (χ1) is 69.7. The van der Waals surface area contributed by atoms with Crippen LogP contribution in [0.1, 0.15) is 104 Å². The van der Waals surface area contributed by atoms with Crippen LogP contribution in [0.5, 0.6) is 0 Å². The monoisotopic (exact) mass is 2100 g/mol. The van der Waals surface area contributed by atoms with Crippen LogP contribution in [0.4, 0.5) is 67.4 Å². The van der Waals surface area contributed by atoms with Gasteiger partial charge in [-0.2, -0.15) is 15.0 Å². The van der Waals surface area contributed by atoms with E-state index < -0.39 is 41.7 Å². The maximum atomic E-state index is 12.2. The summed E-state index contributed by atoms with van der Waals surface area (Å²) in [7, 11) is 17.9. The molecule has 1 unspecified atom stereocenters. The second-order valence-corrected chi connectivity index (χ2v) is 34.7. The number of esters is 6. The van der Waals surface area contributed by atoms with Crippen LogP contribution >= 0.6 is 17.8 Å². The molecule has 748 valence electrons. The molecule has 11 aromatic rings. The minimum absolute atomic E-state index is 0. The molecule has 3 saturated heterocycles. The third-order valence-corrected chi connectivity index (χ3v) is 20.7. The molecule has 0 bridgehead atoms. The number of piperidine rings is 3. The van der Waals surface area contributed by atoms with E-state index in [1.165, 1.54) is 156 Å². The minimum atomic E-state index is -0.826. The van der Waals surface area contributed by atoms with Crippen LogP contribution in [-0.4, -0.2) is 187 Å². The standard InChI is InChI=1S/2C22H25N3O2.C17H16N2O3.C17H14N2O2.C10H9NO4.C10H11NO2.C7H5NO.C5H11N.2ClH.H2O.Sn/c1-27-21(26)16-20-18-12-6-7-13-19(18)23-22(24-14-8-3-9-15-24)25(20)17-10-4-2-5-11-17;1-27-21(26)15-14-18-10-6-7-13-20(18)24-22(25-16-8-3-9-17-25)23-19-11-4-2-5-12-19;1-22-16(20)12-11-13-7-5-6-10-15(13)19-17(21)18-14-8-3-2-4-9-14;1-21-17(20)12-11-14-7-5-6-10-16(14)19-13-18-15-8-3-2-4-9-15;1-15-10(12)7-6-8-4-2-3-5-9(8)11(13)14;1-13-10(12)7-6-8-4-2-3-5-9(8)11;9-6-8-7-4-2-1-3-5-7;1-2-4-6-5-3-1;;;;/h2,4-7,10-13,20H,3,8-9,14-16H2,1H3;2,4-7,10-15H,3,8-9,16-17H2,1H3,(H,23,24);2-12H,1H3,(H2,18,19,21);2-12H,1H3;2-7H,1H3;2-7H,11H2,1H3;1-5H;6H,1-5H2;2*1H;1H2;/q;;;;;;;;;;;+2/p-2/b;15-14+;2*12-11+;2*7-6+;;;;;;. The summed E-state index contributed by atoms with van der Waals surface area (Å²) in [6.45, 7) is 6.46. The van der Waals surface area contributed by atoms with Crippen LogP contribution in [0.2, 0.25) is 0 Å². The fourth-order valence-electron chi connectivity index (χ4n) is 13.6. The zero-order valence-electron chi connectivity index (χ0n) is 80.8. The molecule has 11 aromatic carbocycles. The molecule has 0 saturated carbocycles. The predicted octanol–water partition coefficient (Wildman–Crippen LogP) is 22.1. The zero-order chi connectivity index (χ0) is 103. The first kappa shape index (κ1) is 117. The molecule has 8 N–H and O–H groups in total. The number of ether oxygens (including phenoxy) is 6. The molecule has 15 rings (SSSR count). The van der Waals surface area contributed by atoms with Crippen LogP contribution in [0.25, 0.3) is 30.4 Å². The van der Waals surface area contributed by atoms with Crippen molar-refractivity contribution < 1.29 is 77.2 Å². The molecule has 4 heterocycles. The predicted molar refractivity (Wildman–Crippen MR) is 575 cm³/mol. The molecule has 0 aliphatic carbocycles. The van der Waals surface area contributed by atoms with Crippen molar-refractivity contribution in [2.75, 3.05) is 109 Å². The molecule has 144 heavy (non-hydrogen) atoms. The topological polar surface area (TPSA) is 412 Å². The number of hydrogen-bond donors (Lipinski definition) is 5. The molecule has 0 spiro atoms. The summed E-state index contributed by atoms with van der Waals surface area (Å²) >= 11 is -0.826. The normalized spacial score (nSPS) is 13.1. The fourth-order valence-corrected chi connectivity index (χ4v) is 13.6. The summed E-state index contributed by atoms with van der Waals surface area (Å²) in [5, 5.41) is 22.8. The van der Waals surface area contributed by atoms with Gasteiger partial charge >= 0.3 is 78.6 Å². The van der Waals surface area contributed by atoms with Gasteiger partial charge in [-0.05, 0) is 203 Å². The number of guanidine groups is 2. The number of para-hydroxylation sites is 11. The quantitative estimate of drug-likeness (QED) is 0.00426. The molecule has 31 nitrogen and oxygen atoms in total. The van der Waals surface area contributed by atoms with Gasteiger partial charge in [-0.25, -0.2) is 43.5 Å². The van der Waals surface area contributed by atoms with Crippen molar-refractivity contribution in [2.45, 2.75) is 70.3 Å². The van der Waals surface area contributed by atoms with Gasteiger partial charge in [-0.15, -0.1) is 0 Å². The summed E-state index contributed by atoms with van der Waals surface area (Å²) in [5.41, 5.74) is 18.0. The second-order valence-electron chi connectivity index (χ2n) is 30.5.